The largest absolute Gasteiger partial charge is 0.595 e. The van der Waals surface area contributed by atoms with Crippen LogP contribution in [0.5, 0.6) is 5.75 Å². The number of rotatable bonds is 2. The number of hydrogen-bond donors (Lipinski definition) is 0. The Bertz CT molecular complexity index is 406. The second kappa shape index (κ2) is 5.42. The van der Waals surface area contributed by atoms with Crippen molar-refractivity contribution in [1.82, 2.24) is 0 Å². The van der Waals surface area contributed by atoms with Gasteiger partial charge in [-0.25, -0.2) is 0 Å². The maximum absolute atomic E-state index is 12.5. The van der Waals surface area contributed by atoms with Crippen LogP contribution in [0.25, 0.3) is 0 Å². The summed E-state index contributed by atoms with van der Waals surface area (Å²) in [5, 5.41) is 0.953. The van der Waals surface area contributed by atoms with E-state index in [2.05, 4.69) is 41.5 Å². The van der Waals surface area contributed by atoms with Crippen LogP contribution in [0.3, 0.4) is 0 Å². The lowest BCUT2D eigenvalue weighted by atomic mass is 9.77. The molecule has 0 N–H and O–H groups in total. The Labute approximate surface area is 112 Å². The summed E-state index contributed by atoms with van der Waals surface area (Å²) in [6.45, 7) is 12.5. The Hall–Kier alpha value is -0.850. The average molecular weight is 266 g/mol. The monoisotopic (exact) mass is 266 g/mol. The molecule has 1 unspecified atom stereocenters. The van der Waals surface area contributed by atoms with Crippen molar-refractivity contribution in [2.75, 3.05) is 0 Å². The topological polar surface area (TPSA) is 32.3 Å². The zero-order valence-electron chi connectivity index (χ0n) is 12.2. The zero-order chi connectivity index (χ0) is 14.0. The summed E-state index contributed by atoms with van der Waals surface area (Å²) < 4.78 is 5.60. The first-order valence-electron chi connectivity index (χ1n) is 6.20. The first-order chi connectivity index (χ1) is 8.12. The molecule has 0 radical (unpaired) electrons. The van der Waals surface area contributed by atoms with Gasteiger partial charge in [-0.15, -0.1) is 0 Å². The minimum Gasteiger partial charge on any atom is -0.595 e. The van der Waals surface area contributed by atoms with Crippen LogP contribution in [-0.2, 0) is 0 Å². The van der Waals surface area contributed by atoms with Crippen molar-refractivity contribution >= 4 is 13.3 Å². The normalized spacial score (nSPS) is 13.2. The standard InChI is InChI=1S/C15H23O2P/c1-14(2,3)13(15(4,5)6)18(16)17-12-10-8-7-9-11-12/h7-11H,1-6H3. The molecule has 1 rings (SSSR count). The van der Waals surface area contributed by atoms with E-state index in [-0.39, 0.29) is 10.8 Å². The van der Waals surface area contributed by atoms with Crippen molar-refractivity contribution in [1.29, 1.82) is 0 Å². The molecule has 18 heavy (non-hydrogen) atoms. The predicted molar refractivity (Wildman–Crippen MR) is 77.9 cm³/mol. The van der Waals surface area contributed by atoms with Gasteiger partial charge in [-0.1, -0.05) is 59.7 Å². The van der Waals surface area contributed by atoms with Crippen molar-refractivity contribution in [3.05, 3.63) is 30.3 Å². The highest BCUT2D eigenvalue weighted by Gasteiger charge is 2.37. The molecule has 0 saturated carbocycles. The van der Waals surface area contributed by atoms with Crippen LogP contribution in [0, 0.1) is 10.8 Å². The Morgan fingerprint density at radius 1 is 0.944 bits per heavy atom. The van der Waals surface area contributed by atoms with Crippen LogP contribution >= 0.6 is 8.00 Å². The molecule has 1 aromatic rings. The molecule has 0 heterocycles. The number of hydrogen-bond acceptors (Lipinski definition) is 2. The first kappa shape index (κ1) is 15.2. The van der Waals surface area contributed by atoms with Crippen LogP contribution < -0.4 is 9.42 Å². The second-order valence-corrected chi connectivity index (χ2v) is 7.65. The van der Waals surface area contributed by atoms with Crippen molar-refractivity contribution in [3.8, 4) is 5.75 Å². The highest BCUT2D eigenvalue weighted by Crippen LogP contribution is 2.38. The van der Waals surface area contributed by atoms with Gasteiger partial charge in [0, 0.05) is 10.8 Å². The summed E-state index contributed by atoms with van der Waals surface area (Å²) >= 11 is 0. The second-order valence-electron chi connectivity index (χ2n) is 6.51. The van der Waals surface area contributed by atoms with Crippen LogP contribution in [-0.4, -0.2) is 5.29 Å². The first-order valence-corrected chi connectivity index (χ1v) is 7.38. The van der Waals surface area contributed by atoms with Gasteiger partial charge in [-0.05, 0) is 12.1 Å². The van der Waals surface area contributed by atoms with Gasteiger partial charge in [-0.3, -0.25) is 4.52 Å². The summed E-state index contributed by atoms with van der Waals surface area (Å²) in [6.07, 6.45) is 0. The molecule has 1 atom stereocenters. The fourth-order valence-electron chi connectivity index (χ4n) is 2.30. The highest BCUT2D eigenvalue weighted by molar-refractivity contribution is 7.47. The van der Waals surface area contributed by atoms with E-state index in [1.165, 1.54) is 0 Å². The third-order valence-corrected chi connectivity index (χ3v) is 4.62. The van der Waals surface area contributed by atoms with E-state index in [4.69, 9.17) is 4.52 Å². The number of para-hydroxylation sites is 1. The predicted octanol–water partition coefficient (Wildman–Crippen LogP) is 4.00. The quantitative estimate of drug-likeness (QED) is 0.758. The van der Waals surface area contributed by atoms with Crippen LogP contribution in [0.4, 0.5) is 0 Å². The summed E-state index contributed by atoms with van der Waals surface area (Å²) in [6, 6.07) is 9.34. The van der Waals surface area contributed by atoms with Gasteiger partial charge in [0.15, 0.2) is 5.75 Å². The fraction of sp³-hybridized carbons (Fsp3) is 0.533. The summed E-state index contributed by atoms with van der Waals surface area (Å²) in [5.41, 5.74) is -0.277. The SMILES string of the molecule is CC(C)(C)C(=[P+]([O-])Oc1ccccc1)C(C)(C)C. The molecule has 0 aliphatic heterocycles. The molecule has 0 fully saturated rings. The molecule has 0 aliphatic rings. The Balaban J connectivity index is 3.14. The smallest absolute Gasteiger partial charge is 0.277 e. The Kier molecular flexibility index (Phi) is 4.58. The summed E-state index contributed by atoms with van der Waals surface area (Å²) in [5.74, 6) is 0.657. The highest BCUT2D eigenvalue weighted by atomic mass is 31.1. The van der Waals surface area contributed by atoms with Gasteiger partial charge < -0.3 is 4.89 Å². The lowest BCUT2D eigenvalue weighted by molar-refractivity contribution is -0.166. The molecule has 2 nitrogen and oxygen atoms in total. The summed E-state index contributed by atoms with van der Waals surface area (Å²) in [4.78, 5) is 12.5. The Morgan fingerprint density at radius 2 is 1.39 bits per heavy atom. The van der Waals surface area contributed by atoms with E-state index >= 15 is 0 Å². The van der Waals surface area contributed by atoms with E-state index in [1.54, 1.807) is 0 Å². The van der Waals surface area contributed by atoms with Gasteiger partial charge in [0.05, 0.1) is 0 Å². The lowest BCUT2D eigenvalue weighted by Crippen LogP contribution is -2.34. The van der Waals surface area contributed by atoms with Crippen LogP contribution in [0.2, 0.25) is 0 Å². The summed E-state index contributed by atoms with van der Waals surface area (Å²) in [7, 11) is -1.83. The van der Waals surface area contributed by atoms with E-state index in [9.17, 15) is 4.89 Å². The molecule has 3 heteroatoms. The van der Waals surface area contributed by atoms with Crippen molar-refractivity contribution < 1.29 is 9.42 Å². The molecule has 0 bridgehead atoms. The minimum atomic E-state index is -1.83. The zero-order valence-corrected chi connectivity index (χ0v) is 13.0. The lowest BCUT2D eigenvalue weighted by Gasteiger charge is -2.29. The van der Waals surface area contributed by atoms with Gasteiger partial charge in [-0.2, -0.15) is 0 Å². The van der Waals surface area contributed by atoms with Gasteiger partial charge in [0.25, 0.3) is 8.00 Å². The van der Waals surface area contributed by atoms with Crippen LogP contribution in [0.15, 0.2) is 30.3 Å². The molecular formula is C15H23O2P. The van der Waals surface area contributed by atoms with E-state index in [0.29, 0.717) is 5.75 Å². The van der Waals surface area contributed by atoms with Crippen molar-refractivity contribution in [2.24, 2.45) is 10.8 Å². The van der Waals surface area contributed by atoms with Gasteiger partial charge in [0.1, 0.15) is 5.29 Å². The number of benzene rings is 1. The molecule has 0 amide bonds. The fourth-order valence-corrected chi connectivity index (χ4v) is 3.80. The molecule has 0 aromatic heterocycles. The molecule has 0 aliphatic carbocycles. The van der Waals surface area contributed by atoms with Crippen molar-refractivity contribution in [2.45, 2.75) is 41.5 Å². The maximum Gasteiger partial charge on any atom is 0.277 e. The van der Waals surface area contributed by atoms with E-state index < -0.39 is 8.00 Å². The van der Waals surface area contributed by atoms with Gasteiger partial charge in [0.2, 0.25) is 0 Å². The van der Waals surface area contributed by atoms with Crippen LogP contribution in [0.1, 0.15) is 41.5 Å². The van der Waals surface area contributed by atoms with E-state index in [0.717, 1.165) is 5.29 Å². The minimum absolute atomic E-state index is 0.138. The molecule has 0 saturated heterocycles. The molecule has 0 spiro atoms. The third kappa shape index (κ3) is 4.12. The van der Waals surface area contributed by atoms with Gasteiger partial charge >= 0.3 is 0 Å². The third-order valence-electron chi connectivity index (χ3n) is 2.53. The average Bonchev–Trinajstić information content (AvgIpc) is 2.13. The van der Waals surface area contributed by atoms with Crippen molar-refractivity contribution in [3.63, 3.8) is 0 Å². The molecular weight excluding hydrogens is 243 g/mol. The van der Waals surface area contributed by atoms with E-state index in [1.807, 2.05) is 30.3 Å². The maximum atomic E-state index is 12.5. The molecule has 1 aromatic carbocycles. The molecule has 100 valence electrons. The Morgan fingerprint density at radius 3 is 1.78 bits per heavy atom.